The van der Waals surface area contributed by atoms with Crippen LogP contribution in [-0.4, -0.2) is 29.9 Å². The normalized spacial score (nSPS) is 16.1. The molecule has 0 spiro atoms. The lowest BCUT2D eigenvalue weighted by Crippen LogP contribution is -2.30. The van der Waals surface area contributed by atoms with E-state index in [0.29, 0.717) is 26.0 Å². The van der Waals surface area contributed by atoms with Gasteiger partial charge in [0.15, 0.2) is 0 Å². The molecule has 1 heterocycles. The lowest BCUT2D eigenvalue weighted by molar-refractivity contribution is -0.138. The van der Waals surface area contributed by atoms with Crippen molar-refractivity contribution in [2.75, 3.05) is 13.2 Å². The number of rotatable bonds is 6. The molecule has 4 heteroatoms. The number of ether oxygens (including phenoxy) is 1. The number of hydrogen-bond donors (Lipinski definition) is 0. The second-order valence-electron chi connectivity index (χ2n) is 3.18. The first-order valence-electron chi connectivity index (χ1n) is 4.81. The summed E-state index contributed by atoms with van der Waals surface area (Å²) >= 11 is 0. The highest BCUT2D eigenvalue weighted by atomic mass is 16.5. The van der Waals surface area contributed by atoms with Crippen molar-refractivity contribution in [1.29, 1.82) is 0 Å². The van der Waals surface area contributed by atoms with E-state index < -0.39 is 0 Å². The minimum atomic E-state index is -0.0420. The van der Waals surface area contributed by atoms with Gasteiger partial charge in [0, 0.05) is 19.4 Å². The van der Waals surface area contributed by atoms with Crippen molar-refractivity contribution in [1.82, 2.24) is 4.90 Å². The predicted octanol–water partition coefficient (Wildman–Crippen LogP) is 1.08. The Balaban J connectivity index is 2.14. The summed E-state index contributed by atoms with van der Waals surface area (Å²) in [6.45, 7) is 4.54. The van der Waals surface area contributed by atoms with Crippen LogP contribution in [0.1, 0.15) is 25.7 Å². The molecule has 0 aliphatic carbocycles. The Kier molecular flexibility index (Phi) is 4.16. The number of nitrogens with zero attached hydrogens (tertiary/aromatic N) is 1. The van der Waals surface area contributed by atoms with Crippen molar-refractivity contribution >= 4 is 11.8 Å². The Morgan fingerprint density at radius 1 is 1.29 bits per heavy atom. The fraction of sp³-hybridized carbons (Fsp3) is 0.600. The number of hydrogen-bond acceptors (Lipinski definition) is 3. The maximum Gasteiger partial charge on any atom is 0.229 e. The van der Waals surface area contributed by atoms with Gasteiger partial charge in [0.1, 0.15) is 0 Å². The summed E-state index contributed by atoms with van der Waals surface area (Å²) in [6, 6.07) is 0. The van der Waals surface area contributed by atoms with Gasteiger partial charge >= 0.3 is 0 Å². The zero-order valence-corrected chi connectivity index (χ0v) is 8.20. The maximum atomic E-state index is 11.2. The van der Waals surface area contributed by atoms with Crippen LogP contribution in [0, 0.1) is 0 Å². The van der Waals surface area contributed by atoms with Gasteiger partial charge in [0.05, 0.1) is 12.9 Å². The monoisotopic (exact) mass is 197 g/mol. The first-order chi connectivity index (χ1) is 6.75. The molecular formula is C10H15NO3. The zero-order chi connectivity index (χ0) is 10.4. The molecule has 1 aliphatic rings. The van der Waals surface area contributed by atoms with E-state index >= 15 is 0 Å². The Morgan fingerprint density at radius 3 is 2.50 bits per heavy atom. The van der Waals surface area contributed by atoms with E-state index in [1.807, 2.05) is 0 Å². The average molecular weight is 197 g/mol. The minimum Gasteiger partial charge on any atom is -0.502 e. The molecule has 0 unspecified atom stereocenters. The first kappa shape index (κ1) is 10.8. The van der Waals surface area contributed by atoms with Crippen LogP contribution in [0.4, 0.5) is 0 Å². The van der Waals surface area contributed by atoms with Crippen molar-refractivity contribution in [3.05, 3.63) is 12.8 Å². The van der Waals surface area contributed by atoms with Gasteiger partial charge in [0.25, 0.3) is 0 Å². The topological polar surface area (TPSA) is 46.6 Å². The Bertz CT molecular complexity index is 222. The smallest absolute Gasteiger partial charge is 0.229 e. The van der Waals surface area contributed by atoms with Crippen LogP contribution >= 0.6 is 0 Å². The molecule has 1 aliphatic heterocycles. The molecule has 1 saturated heterocycles. The fourth-order valence-corrected chi connectivity index (χ4v) is 1.41. The molecule has 2 amide bonds. The number of carbonyl (C=O) groups excluding carboxylic acids is 2. The summed E-state index contributed by atoms with van der Waals surface area (Å²) in [5, 5.41) is 0. The molecule has 0 aromatic heterocycles. The molecule has 78 valence electrons. The van der Waals surface area contributed by atoms with Crippen molar-refractivity contribution in [2.24, 2.45) is 0 Å². The Morgan fingerprint density at radius 2 is 1.93 bits per heavy atom. The van der Waals surface area contributed by atoms with Crippen molar-refractivity contribution < 1.29 is 14.3 Å². The molecule has 0 atom stereocenters. The quantitative estimate of drug-likeness (QED) is 0.363. The molecule has 0 N–H and O–H groups in total. The van der Waals surface area contributed by atoms with E-state index in [0.717, 1.165) is 12.8 Å². The standard InChI is InChI=1S/C10H15NO3/c1-2-14-8-4-3-7-11-9(12)5-6-10(11)13/h2H,1,3-8H2. The third-order valence-corrected chi connectivity index (χ3v) is 2.17. The summed E-state index contributed by atoms with van der Waals surface area (Å²) in [6.07, 6.45) is 3.78. The second-order valence-corrected chi connectivity index (χ2v) is 3.18. The number of imide groups is 1. The third kappa shape index (κ3) is 2.87. The molecule has 0 radical (unpaired) electrons. The van der Waals surface area contributed by atoms with E-state index in [1.165, 1.54) is 11.2 Å². The highest BCUT2D eigenvalue weighted by Crippen LogP contribution is 2.12. The van der Waals surface area contributed by atoms with Crippen molar-refractivity contribution in [3.63, 3.8) is 0 Å². The lowest BCUT2D eigenvalue weighted by atomic mass is 10.3. The summed E-state index contributed by atoms with van der Waals surface area (Å²) in [4.78, 5) is 23.7. The van der Waals surface area contributed by atoms with Crippen molar-refractivity contribution in [3.8, 4) is 0 Å². The highest BCUT2D eigenvalue weighted by Gasteiger charge is 2.27. The van der Waals surface area contributed by atoms with Gasteiger partial charge in [-0.2, -0.15) is 0 Å². The van der Waals surface area contributed by atoms with Gasteiger partial charge in [-0.25, -0.2) is 0 Å². The number of unbranched alkanes of at least 4 members (excludes halogenated alkanes) is 1. The maximum absolute atomic E-state index is 11.2. The van der Waals surface area contributed by atoms with Gasteiger partial charge in [-0.3, -0.25) is 14.5 Å². The summed E-state index contributed by atoms with van der Waals surface area (Å²) < 4.78 is 4.93. The van der Waals surface area contributed by atoms with Gasteiger partial charge in [-0.1, -0.05) is 6.58 Å². The fourth-order valence-electron chi connectivity index (χ4n) is 1.41. The molecule has 1 rings (SSSR count). The number of likely N-dealkylation sites (tertiary alicyclic amines) is 1. The zero-order valence-electron chi connectivity index (χ0n) is 8.20. The van der Waals surface area contributed by atoms with Crippen LogP contribution in [-0.2, 0) is 14.3 Å². The largest absolute Gasteiger partial charge is 0.502 e. The predicted molar refractivity (Wildman–Crippen MR) is 51.3 cm³/mol. The third-order valence-electron chi connectivity index (χ3n) is 2.17. The van der Waals surface area contributed by atoms with Gasteiger partial charge in [-0.05, 0) is 12.8 Å². The lowest BCUT2D eigenvalue weighted by Gasteiger charge is -2.12. The molecular weight excluding hydrogens is 182 g/mol. The summed E-state index contributed by atoms with van der Waals surface area (Å²) in [5.41, 5.74) is 0. The van der Waals surface area contributed by atoms with Crippen LogP contribution in [0.5, 0.6) is 0 Å². The average Bonchev–Trinajstić information content (AvgIpc) is 2.48. The SMILES string of the molecule is C=COCCCCN1C(=O)CCC1=O. The van der Waals surface area contributed by atoms with Crippen LogP contribution in [0.25, 0.3) is 0 Å². The minimum absolute atomic E-state index is 0.0420. The van der Waals surface area contributed by atoms with E-state index in [-0.39, 0.29) is 11.8 Å². The summed E-state index contributed by atoms with van der Waals surface area (Å²) in [5.74, 6) is -0.0840. The van der Waals surface area contributed by atoms with E-state index in [9.17, 15) is 9.59 Å². The molecule has 1 fully saturated rings. The van der Waals surface area contributed by atoms with Gasteiger partial charge in [-0.15, -0.1) is 0 Å². The van der Waals surface area contributed by atoms with Gasteiger partial charge < -0.3 is 4.74 Å². The van der Waals surface area contributed by atoms with E-state index in [2.05, 4.69) is 6.58 Å². The van der Waals surface area contributed by atoms with Crippen LogP contribution in [0.3, 0.4) is 0 Å². The molecule has 14 heavy (non-hydrogen) atoms. The van der Waals surface area contributed by atoms with Gasteiger partial charge in [0.2, 0.25) is 11.8 Å². The summed E-state index contributed by atoms with van der Waals surface area (Å²) in [7, 11) is 0. The van der Waals surface area contributed by atoms with Crippen LogP contribution in [0.15, 0.2) is 12.8 Å². The van der Waals surface area contributed by atoms with E-state index in [1.54, 1.807) is 0 Å². The van der Waals surface area contributed by atoms with E-state index in [4.69, 9.17) is 4.74 Å². The van der Waals surface area contributed by atoms with Crippen molar-refractivity contribution in [2.45, 2.75) is 25.7 Å². The molecule has 0 aromatic rings. The Hall–Kier alpha value is -1.32. The molecule has 0 bridgehead atoms. The number of amides is 2. The molecule has 0 aromatic carbocycles. The molecule has 0 saturated carbocycles. The van der Waals surface area contributed by atoms with Crippen LogP contribution < -0.4 is 0 Å². The number of carbonyl (C=O) groups is 2. The highest BCUT2D eigenvalue weighted by molar-refractivity contribution is 6.01. The molecule has 4 nitrogen and oxygen atoms in total. The Labute approximate surface area is 83.5 Å². The first-order valence-corrected chi connectivity index (χ1v) is 4.81. The van der Waals surface area contributed by atoms with Crippen LogP contribution in [0.2, 0.25) is 0 Å². The second kappa shape index (κ2) is 5.42.